The van der Waals surface area contributed by atoms with Gasteiger partial charge in [-0.05, 0) is 92.1 Å². The van der Waals surface area contributed by atoms with Crippen LogP contribution in [0.25, 0.3) is 0 Å². The van der Waals surface area contributed by atoms with Crippen LogP contribution in [0.3, 0.4) is 0 Å². The number of halogens is 1. The first-order valence-electron chi connectivity index (χ1n) is 17.0. The fourth-order valence-corrected chi connectivity index (χ4v) is 8.58. The van der Waals surface area contributed by atoms with Crippen LogP contribution < -0.4 is 14.7 Å². The summed E-state index contributed by atoms with van der Waals surface area (Å²) in [5.41, 5.74) is 9.87. The maximum Gasteiger partial charge on any atom is 0.0888 e. The maximum absolute atomic E-state index is 7.77. The van der Waals surface area contributed by atoms with Gasteiger partial charge in [-0.2, -0.15) is 0 Å². The summed E-state index contributed by atoms with van der Waals surface area (Å²) < 4.78 is 0. The Labute approximate surface area is 289 Å². The molecule has 3 nitrogen and oxygen atoms in total. The molecule has 48 heavy (non-hydrogen) atoms. The summed E-state index contributed by atoms with van der Waals surface area (Å²) in [6.45, 7) is 4.97. The Kier molecular flexibility index (Phi) is 7.73. The lowest BCUT2D eigenvalue weighted by Crippen LogP contribution is -2.54. The van der Waals surface area contributed by atoms with Gasteiger partial charge in [0.25, 0.3) is 0 Å². The molecule has 1 heterocycles. The fraction of sp³-hybridized carbons (Fsp3) is 0.182. The van der Waals surface area contributed by atoms with E-state index in [1.807, 2.05) is 0 Å². The highest BCUT2D eigenvalue weighted by Crippen LogP contribution is 2.62. The molecule has 6 aromatic rings. The minimum absolute atomic E-state index is 0.0267. The summed E-state index contributed by atoms with van der Waals surface area (Å²) in [7, 11) is 0. The van der Waals surface area contributed by atoms with Crippen molar-refractivity contribution in [2.24, 2.45) is 0 Å². The number of anilines is 8. The molecule has 0 amide bonds. The van der Waals surface area contributed by atoms with Crippen LogP contribution >= 0.6 is 11.6 Å². The van der Waals surface area contributed by atoms with Crippen molar-refractivity contribution in [1.29, 1.82) is 0 Å². The molecule has 0 bridgehead atoms. The molecular weight excluding hydrogens is 606 g/mol. The van der Waals surface area contributed by atoms with Crippen molar-refractivity contribution in [2.45, 2.75) is 50.5 Å². The van der Waals surface area contributed by atoms with E-state index in [2.05, 4.69) is 186 Å². The molecule has 0 radical (unpaired) electrons. The Balaban J connectivity index is 1.45. The Morgan fingerprint density at radius 2 is 0.917 bits per heavy atom. The lowest BCUT2D eigenvalue weighted by atomic mass is 9.61. The number of rotatable bonds is 7. The van der Waals surface area contributed by atoms with Gasteiger partial charge in [-0.1, -0.05) is 122 Å². The molecule has 4 heteroatoms. The summed E-state index contributed by atoms with van der Waals surface area (Å²) in [6.07, 6.45) is 4.75. The topological polar surface area (TPSA) is 9.72 Å². The molecule has 1 aliphatic carbocycles. The molecular formula is C44H40ClN3. The first kappa shape index (κ1) is 30.4. The highest BCUT2D eigenvalue weighted by Gasteiger charge is 2.57. The van der Waals surface area contributed by atoms with E-state index in [9.17, 15) is 0 Å². The van der Waals surface area contributed by atoms with Crippen molar-refractivity contribution < 1.29 is 0 Å². The fourth-order valence-electron chi connectivity index (χ4n) is 8.30. The molecule has 2 aliphatic rings. The third-order valence-electron chi connectivity index (χ3n) is 10.8. The predicted molar refractivity (Wildman–Crippen MR) is 204 cm³/mol. The number of nitrogens with zero attached hydrogens (tertiary/aromatic N) is 3. The van der Waals surface area contributed by atoms with Crippen molar-refractivity contribution in [3.63, 3.8) is 0 Å². The molecule has 0 spiro atoms. The van der Waals surface area contributed by atoms with E-state index in [1.165, 1.54) is 30.5 Å². The van der Waals surface area contributed by atoms with Crippen LogP contribution in [0.4, 0.5) is 45.5 Å². The first-order chi connectivity index (χ1) is 23.5. The van der Waals surface area contributed by atoms with Gasteiger partial charge in [-0.25, -0.2) is 0 Å². The van der Waals surface area contributed by atoms with Gasteiger partial charge < -0.3 is 14.7 Å². The van der Waals surface area contributed by atoms with Crippen LogP contribution in [0.2, 0.25) is 5.02 Å². The number of hydrogen-bond acceptors (Lipinski definition) is 3. The second kappa shape index (κ2) is 12.2. The van der Waals surface area contributed by atoms with E-state index in [1.54, 1.807) is 0 Å². The molecule has 2 atom stereocenters. The molecule has 0 N–H and O–H groups in total. The molecule has 8 rings (SSSR count). The van der Waals surface area contributed by atoms with E-state index in [0.717, 1.165) is 46.2 Å². The summed E-state index contributed by atoms with van der Waals surface area (Å²) in [6, 6.07) is 56.0. The van der Waals surface area contributed by atoms with Crippen molar-refractivity contribution >= 4 is 57.1 Å². The molecule has 1 saturated carbocycles. The van der Waals surface area contributed by atoms with Gasteiger partial charge in [0.05, 0.1) is 21.9 Å². The second-order valence-corrected chi connectivity index (χ2v) is 13.9. The SMILES string of the molecule is CC12CCCCC1(C)N(c1cc(N(c3ccccc3)c3ccccc3)c(Cl)c(N(c3ccccc3)c3ccccc3)c1)c1ccccc12. The summed E-state index contributed by atoms with van der Waals surface area (Å²) in [5.74, 6) is 0. The Bertz CT molecular complexity index is 1850. The van der Waals surface area contributed by atoms with Gasteiger partial charge >= 0.3 is 0 Å². The molecule has 1 aliphatic heterocycles. The third kappa shape index (κ3) is 4.88. The van der Waals surface area contributed by atoms with Crippen molar-refractivity contribution in [3.05, 3.63) is 168 Å². The van der Waals surface area contributed by atoms with Crippen molar-refractivity contribution in [1.82, 2.24) is 0 Å². The Hall–Kier alpha value is -4.99. The molecule has 1 fully saturated rings. The van der Waals surface area contributed by atoms with Gasteiger partial charge in [-0.3, -0.25) is 0 Å². The van der Waals surface area contributed by atoms with Crippen LogP contribution in [-0.4, -0.2) is 5.54 Å². The van der Waals surface area contributed by atoms with Gasteiger partial charge in [-0.15, -0.1) is 0 Å². The zero-order chi connectivity index (χ0) is 32.7. The maximum atomic E-state index is 7.77. The minimum atomic E-state index is -0.105. The number of para-hydroxylation sites is 5. The van der Waals surface area contributed by atoms with Gasteiger partial charge in [0.1, 0.15) is 0 Å². The standard InChI is InChI=1S/C44H40ClN3/c1-43-29-17-18-30-44(43,2)48(39-28-16-15-27-38(39)43)37-31-40(46(33-19-7-3-8-20-33)34-21-9-4-10-22-34)42(45)41(32-37)47(35-23-11-5-12-24-35)36-25-13-6-14-26-36/h3-16,19-28,31-32H,17-18,29-30H2,1-2H3. The van der Waals surface area contributed by atoms with Crippen LogP contribution in [0.15, 0.2) is 158 Å². The predicted octanol–water partition coefficient (Wildman–Crippen LogP) is 13.0. The molecule has 2 unspecified atom stereocenters. The van der Waals surface area contributed by atoms with Crippen molar-refractivity contribution in [2.75, 3.05) is 14.7 Å². The average Bonchev–Trinajstić information content (AvgIpc) is 3.35. The number of hydrogen-bond donors (Lipinski definition) is 0. The Morgan fingerprint density at radius 1 is 0.521 bits per heavy atom. The monoisotopic (exact) mass is 645 g/mol. The Morgan fingerprint density at radius 3 is 1.38 bits per heavy atom. The zero-order valence-corrected chi connectivity index (χ0v) is 28.3. The van der Waals surface area contributed by atoms with Gasteiger partial charge in [0, 0.05) is 39.5 Å². The van der Waals surface area contributed by atoms with E-state index in [-0.39, 0.29) is 11.0 Å². The highest BCUT2D eigenvalue weighted by molar-refractivity contribution is 6.37. The summed E-state index contributed by atoms with van der Waals surface area (Å²) in [4.78, 5) is 7.24. The third-order valence-corrected chi connectivity index (χ3v) is 11.2. The van der Waals surface area contributed by atoms with E-state index in [0.29, 0.717) is 5.02 Å². The highest BCUT2D eigenvalue weighted by atomic mass is 35.5. The van der Waals surface area contributed by atoms with E-state index < -0.39 is 0 Å². The van der Waals surface area contributed by atoms with Crippen molar-refractivity contribution in [3.8, 4) is 0 Å². The molecule has 6 aromatic carbocycles. The van der Waals surface area contributed by atoms with E-state index in [4.69, 9.17) is 11.6 Å². The zero-order valence-electron chi connectivity index (χ0n) is 27.6. The quantitative estimate of drug-likeness (QED) is 0.171. The average molecular weight is 646 g/mol. The minimum Gasteiger partial charge on any atom is -0.334 e. The lowest BCUT2D eigenvalue weighted by Gasteiger charge is -2.50. The number of fused-ring (bicyclic) bond motifs is 3. The largest absolute Gasteiger partial charge is 0.334 e. The van der Waals surface area contributed by atoms with Crippen LogP contribution in [-0.2, 0) is 5.41 Å². The summed E-state index contributed by atoms with van der Waals surface area (Å²) in [5, 5.41) is 0.684. The second-order valence-electron chi connectivity index (χ2n) is 13.5. The van der Waals surface area contributed by atoms with Crippen LogP contribution in [0.5, 0.6) is 0 Å². The molecule has 0 saturated heterocycles. The van der Waals surface area contributed by atoms with E-state index >= 15 is 0 Å². The van der Waals surface area contributed by atoms with Gasteiger partial charge in [0.15, 0.2) is 0 Å². The van der Waals surface area contributed by atoms with Gasteiger partial charge in [0.2, 0.25) is 0 Å². The normalized spacial score (nSPS) is 19.8. The first-order valence-corrected chi connectivity index (χ1v) is 17.4. The molecule has 238 valence electrons. The summed E-state index contributed by atoms with van der Waals surface area (Å²) >= 11 is 7.77. The lowest BCUT2D eigenvalue weighted by molar-refractivity contribution is 0.195. The number of benzene rings is 6. The van der Waals surface area contributed by atoms with Crippen LogP contribution in [0.1, 0.15) is 45.1 Å². The van der Waals surface area contributed by atoms with Crippen LogP contribution in [0, 0.1) is 0 Å². The smallest absolute Gasteiger partial charge is 0.0888 e. The molecule has 0 aromatic heterocycles.